The summed E-state index contributed by atoms with van der Waals surface area (Å²) in [4.78, 5) is 26.8. The van der Waals surface area contributed by atoms with Crippen LogP contribution in [0.4, 0.5) is 0 Å². The smallest absolute Gasteiger partial charge is 0.325 e. The molecule has 0 radical (unpaired) electrons. The van der Waals surface area contributed by atoms with Crippen LogP contribution in [0.2, 0.25) is 5.02 Å². The molecule has 3 aromatic rings. The topological polar surface area (TPSA) is 74.3 Å². The summed E-state index contributed by atoms with van der Waals surface area (Å²) in [6.45, 7) is 0.253. The molecule has 8 heteroatoms. The van der Waals surface area contributed by atoms with Gasteiger partial charge in [-0.1, -0.05) is 54.1 Å². The highest BCUT2D eigenvalue weighted by Gasteiger charge is 2.24. The second-order valence-electron chi connectivity index (χ2n) is 7.35. The predicted molar refractivity (Wildman–Crippen MR) is 129 cm³/mol. The average molecular weight is 484 g/mol. The zero-order chi connectivity index (χ0) is 24.5. The predicted octanol–water partition coefficient (Wildman–Crippen LogP) is 4.75. The maximum Gasteiger partial charge on any atom is 0.325 e. The van der Waals surface area contributed by atoms with E-state index >= 15 is 0 Å². The van der Waals surface area contributed by atoms with Crippen LogP contribution < -0.4 is 14.2 Å². The molecule has 0 N–H and O–H groups in total. The van der Waals surface area contributed by atoms with Gasteiger partial charge in [-0.3, -0.25) is 9.59 Å². The van der Waals surface area contributed by atoms with Gasteiger partial charge in [-0.25, -0.2) is 0 Å². The van der Waals surface area contributed by atoms with Gasteiger partial charge in [-0.05, 0) is 35.4 Å². The average Bonchev–Trinajstić information content (AvgIpc) is 2.87. The molecule has 0 aromatic heterocycles. The van der Waals surface area contributed by atoms with Crippen LogP contribution in [-0.2, 0) is 22.7 Å². The van der Waals surface area contributed by atoms with Gasteiger partial charge in [0.25, 0.3) is 5.91 Å². The lowest BCUT2D eigenvalue weighted by atomic mass is 10.1. The molecule has 3 rings (SSSR count). The fourth-order valence-electron chi connectivity index (χ4n) is 3.29. The Morgan fingerprint density at radius 2 is 1.47 bits per heavy atom. The van der Waals surface area contributed by atoms with E-state index in [1.54, 1.807) is 36.4 Å². The number of rotatable bonds is 10. The fourth-order valence-corrected chi connectivity index (χ4v) is 3.41. The number of hydrogen-bond acceptors (Lipinski definition) is 6. The van der Waals surface area contributed by atoms with Gasteiger partial charge in [0.1, 0.15) is 13.2 Å². The van der Waals surface area contributed by atoms with Gasteiger partial charge in [0.05, 0.1) is 21.3 Å². The molecule has 0 unspecified atom stereocenters. The van der Waals surface area contributed by atoms with Crippen molar-refractivity contribution >= 4 is 23.5 Å². The minimum atomic E-state index is -0.538. The van der Waals surface area contributed by atoms with E-state index in [-0.39, 0.29) is 18.7 Å². The van der Waals surface area contributed by atoms with E-state index in [0.29, 0.717) is 28.9 Å². The lowest BCUT2D eigenvalue weighted by Gasteiger charge is -2.23. The van der Waals surface area contributed by atoms with E-state index in [9.17, 15) is 9.59 Å². The number of esters is 1. The molecule has 0 heterocycles. The second-order valence-corrected chi connectivity index (χ2v) is 7.78. The number of halogens is 1. The van der Waals surface area contributed by atoms with Gasteiger partial charge in [0.15, 0.2) is 11.5 Å². The Labute approximate surface area is 203 Å². The van der Waals surface area contributed by atoms with Crippen LogP contribution in [0.25, 0.3) is 0 Å². The van der Waals surface area contributed by atoms with Crippen molar-refractivity contribution in [2.24, 2.45) is 0 Å². The van der Waals surface area contributed by atoms with Gasteiger partial charge in [0.2, 0.25) is 5.75 Å². The molecule has 0 spiro atoms. The Kier molecular flexibility index (Phi) is 8.76. The summed E-state index contributed by atoms with van der Waals surface area (Å²) in [7, 11) is 4.24. The Morgan fingerprint density at radius 3 is 2.03 bits per heavy atom. The molecule has 34 heavy (non-hydrogen) atoms. The minimum Gasteiger partial charge on any atom is -0.493 e. The van der Waals surface area contributed by atoms with Gasteiger partial charge < -0.3 is 23.8 Å². The molecule has 0 aliphatic rings. The van der Waals surface area contributed by atoms with Crippen molar-refractivity contribution in [2.75, 3.05) is 27.9 Å². The summed E-state index contributed by atoms with van der Waals surface area (Å²) in [5.41, 5.74) is 2.06. The van der Waals surface area contributed by atoms with Crippen molar-refractivity contribution < 1.29 is 28.5 Å². The van der Waals surface area contributed by atoms with E-state index < -0.39 is 11.9 Å². The molecule has 7 nitrogen and oxygen atoms in total. The van der Waals surface area contributed by atoms with E-state index in [0.717, 1.165) is 11.1 Å². The van der Waals surface area contributed by atoms with Gasteiger partial charge >= 0.3 is 5.97 Å². The molecule has 0 saturated heterocycles. The third-order valence-electron chi connectivity index (χ3n) is 5.06. The summed E-state index contributed by atoms with van der Waals surface area (Å²) in [6.07, 6.45) is 0. The minimum absolute atomic E-state index is 0.183. The zero-order valence-electron chi connectivity index (χ0n) is 19.2. The van der Waals surface area contributed by atoms with Crippen molar-refractivity contribution in [3.8, 4) is 17.2 Å². The molecule has 0 saturated carbocycles. The second kappa shape index (κ2) is 12.0. The number of ether oxygens (including phenoxy) is 4. The Bertz CT molecular complexity index is 1090. The maximum absolute atomic E-state index is 13.4. The van der Waals surface area contributed by atoms with E-state index in [1.165, 1.54) is 26.2 Å². The first-order valence-electron chi connectivity index (χ1n) is 10.5. The number of carbonyl (C=O) groups is 2. The Balaban J connectivity index is 1.90. The first-order chi connectivity index (χ1) is 16.4. The van der Waals surface area contributed by atoms with Crippen LogP contribution in [0.15, 0.2) is 66.7 Å². The molecule has 0 fully saturated rings. The molecule has 0 atom stereocenters. The molecular weight excluding hydrogens is 458 g/mol. The third-order valence-corrected chi connectivity index (χ3v) is 5.31. The summed E-state index contributed by atoms with van der Waals surface area (Å²) in [6, 6.07) is 19.8. The van der Waals surface area contributed by atoms with Crippen molar-refractivity contribution in [3.63, 3.8) is 0 Å². The molecule has 0 aliphatic carbocycles. The van der Waals surface area contributed by atoms with E-state index in [1.807, 2.05) is 30.3 Å². The van der Waals surface area contributed by atoms with E-state index in [2.05, 4.69) is 0 Å². The maximum atomic E-state index is 13.4. The number of methoxy groups -OCH3 is 3. The van der Waals surface area contributed by atoms with Gasteiger partial charge in [0, 0.05) is 17.1 Å². The van der Waals surface area contributed by atoms with Crippen LogP contribution in [0.1, 0.15) is 21.5 Å². The quantitative estimate of drug-likeness (QED) is 0.387. The Morgan fingerprint density at radius 1 is 0.853 bits per heavy atom. The van der Waals surface area contributed by atoms with Crippen molar-refractivity contribution in [1.82, 2.24) is 4.90 Å². The van der Waals surface area contributed by atoms with Crippen molar-refractivity contribution in [1.29, 1.82) is 0 Å². The number of nitrogens with zero attached hydrogens (tertiary/aromatic N) is 1. The number of carbonyl (C=O) groups excluding carboxylic acids is 2. The summed E-state index contributed by atoms with van der Waals surface area (Å²) >= 11 is 5.97. The summed E-state index contributed by atoms with van der Waals surface area (Å²) < 4.78 is 21.7. The van der Waals surface area contributed by atoms with Gasteiger partial charge in [-0.15, -0.1) is 0 Å². The van der Waals surface area contributed by atoms with Crippen LogP contribution in [0.3, 0.4) is 0 Å². The highest BCUT2D eigenvalue weighted by molar-refractivity contribution is 6.30. The highest BCUT2D eigenvalue weighted by atomic mass is 35.5. The van der Waals surface area contributed by atoms with Crippen LogP contribution >= 0.6 is 11.6 Å². The number of benzene rings is 3. The number of amides is 1. The molecule has 0 aliphatic heterocycles. The third kappa shape index (κ3) is 6.42. The molecule has 178 valence electrons. The monoisotopic (exact) mass is 483 g/mol. The van der Waals surface area contributed by atoms with E-state index in [4.69, 9.17) is 30.5 Å². The fraction of sp³-hybridized carbons (Fsp3) is 0.231. The lowest BCUT2D eigenvalue weighted by molar-refractivity contribution is -0.141. The molecular formula is C26H26ClNO6. The van der Waals surface area contributed by atoms with Crippen LogP contribution in [-0.4, -0.2) is 44.7 Å². The number of hydrogen-bond donors (Lipinski definition) is 0. The van der Waals surface area contributed by atoms with Crippen molar-refractivity contribution in [2.45, 2.75) is 13.2 Å². The SMILES string of the molecule is COC(=O)CN(Cc1ccc(Cl)cc1)C(=O)c1cc(OC)c(OCc2ccccc2)c(OC)c1. The highest BCUT2D eigenvalue weighted by Crippen LogP contribution is 2.39. The summed E-state index contributed by atoms with van der Waals surface area (Å²) in [5, 5.41) is 0.579. The molecule has 3 aromatic carbocycles. The molecule has 1 amide bonds. The first kappa shape index (κ1) is 24.9. The van der Waals surface area contributed by atoms with Gasteiger partial charge in [-0.2, -0.15) is 0 Å². The van der Waals surface area contributed by atoms with Crippen LogP contribution in [0, 0.1) is 0 Å². The summed E-state index contributed by atoms with van der Waals surface area (Å²) in [5.74, 6) is 0.115. The lowest BCUT2D eigenvalue weighted by Crippen LogP contribution is -2.35. The zero-order valence-corrected chi connectivity index (χ0v) is 20.0. The van der Waals surface area contributed by atoms with Crippen LogP contribution in [0.5, 0.6) is 17.2 Å². The van der Waals surface area contributed by atoms with Crippen molar-refractivity contribution in [3.05, 3.63) is 88.4 Å². The molecule has 0 bridgehead atoms. The largest absolute Gasteiger partial charge is 0.493 e. The Hall–Kier alpha value is -3.71. The standard InChI is InChI=1S/C26H26ClNO6/c1-31-22-13-20(14-23(32-2)25(22)34-17-19-7-5-4-6-8-19)26(30)28(16-24(29)33-3)15-18-9-11-21(27)12-10-18/h4-14H,15-17H2,1-3H3. The first-order valence-corrected chi connectivity index (χ1v) is 10.9. The normalized spacial score (nSPS) is 10.4.